The topological polar surface area (TPSA) is 66.7 Å². The van der Waals surface area contributed by atoms with Crippen LogP contribution in [0.1, 0.15) is 22.5 Å². The summed E-state index contributed by atoms with van der Waals surface area (Å²) in [5, 5.41) is 0.407. The van der Waals surface area contributed by atoms with E-state index in [1.807, 2.05) is 4.90 Å². The number of pyridine rings is 1. The average molecular weight is 417 g/mol. The van der Waals surface area contributed by atoms with Crippen LogP contribution in [0.5, 0.6) is 0 Å². The molecule has 1 aliphatic heterocycles. The highest BCUT2D eigenvalue weighted by molar-refractivity contribution is 5.93. The number of hydrogen-bond acceptors (Lipinski definition) is 5. The van der Waals surface area contributed by atoms with Crippen LogP contribution >= 0.6 is 0 Å². The van der Waals surface area contributed by atoms with Gasteiger partial charge in [-0.2, -0.15) is 13.2 Å². The molecule has 0 radical (unpaired) electrons. The number of rotatable bonds is 2. The van der Waals surface area contributed by atoms with Gasteiger partial charge in [0, 0.05) is 38.4 Å². The lowest BCUT2D eigenvalue weighted by molar-refractivity contribution is -0.137. The zero-order valence-corrected chi connectivity index (χ0v) is 15.9. The first-order valence-corrected chi connectivity index (χ1v) is 9.43. The number of anilines is 1. The number of benzene rings is 1. The molecule has 0 atom stereocenters. The fraction of sp³-hybridized carbons (Fsp3) is 0.286. The summed E-state index contributed by atoms with van der Waals surface area (Å²) < 4.78 is 43.8. The molecule has 3 heterocycles. The van der Waals surface area contributed by atoms with Crippen molar-refractivity contribution < 1.29 is 22.4 Å². The first-order valence-electron chi connectivity index (χ1n) is 9.43. The molecule has 0 unspecified atom stereocenters. The Bertz CT molecular complexity index is 1130. The molecular formula is C21H18F3N3O3. The fourth-order valence-electron chi connectivity index (χ4n) is 3.46. The van der Waals surface area contributed by atoms with Crippen molar-refractivity contribution in [2.45, 2.75) is 12.6 Å². The minimum Gasteiger partial charge on any atom is -0.451 e. The Kier molecular flexibility index (Phi) is 5.19. The van der Waals surface area contributed by atoms with Crippen molar-refractivity contribution in [3.8, 4) is 0 Å². The maximum atomic E-state index is 12.9. The van der Waals surface area contributed by atoms with E-state index in [0.29, 0.717) is 49.4 Å². The van der Waals surface area contributed by atoms with Crippen molar-refractivity contribution in [1.29, 1.82) is 0 Å². The second-order valence-corrected chi connectivity index (χ2v) is 7.01. The largest absolute Gasteiger partial charge is 0.451 e. The Balaban J connectivity index is 1.49. The van der Waals surface area contributed by atoms with Crippen LogP contribution < -0.4 is 10.3 Å². The number of alkyl halides is 3. The van der Waals surface area contributed by atoms with E-state index in [4.69, 9.17) is 4.42 Å². The van der Waals surface area contributed by atoms with Gasteiger partial charge in [0.15, 0.2) is 11.2 Å². The van der Waals surface area contributed by atoms with E-state index in [9.17, 15) is 22.8 Å². The SMILES string of the molecule is O=C(c1cc(=O)c2ccccc2o1)N1CCCN(c2ccc(C(F)(F)F)cn2)CC1. The first-order chi connectivity index (χ1) is 14.3. The van der Waals surface area contributed by atoms with Gasteiger partial charge in [0.05, 0.1) is 10.9 Å². The number of carbonyl (C=O) groups is 1. The molecule has 0 aliphatic carbocycles. The summed E-state index contributed by atoms with van der Waals surface area (Å²) in [6.07, 6.45) is -3.02. The number of hydrogen-bond donors (Lipinski definition) is 0. The highest BCUT2D eigenvalue weighted by Gasteiger charge is 2.31. The Labute approximate surface area is 169 Å². The second kappa shape index (κ2) is 7.81. The lowest BCUT2D eigenvalue weighted by atomic mass is 10.2. The molecule has 2 aromatic heterocycles. The minimum absolute atomic E-state index is 0.0280. The van der Waals surface area contributed by atoms with Gasteiger partial charge in [-0.1, -0.05) is 12.1 Å². The van der Waals surface area contributed by atoms with Crippen LogP contribution in [-0.2, 0) is 6.18 Å². The minimum atomic E-state index is -4.43. The summed E-state index contributed by atoms with van der Waals surface area (Å²) in [6, 6.07) is 10.2. The Morgan fingerprint density at radius 1 is 1.03 bits per heavy atom. The van der Waals surface area contributed by atoms with Gasteiger partial charge in [-0.05, 0) is 30.7 Å². The monoisotopic (exact) mass is 417 g/mol. The fourth-order valence-corrected chi connectivity index (χ4v) is 3.46. The summed E-state index contributed by atoms with van der Waals surface area (Å²) in [7, 11) is 0. The van der Waals surface area contributed by atoms with Gasteiger partial charge < -0.3 is 14.2 Å². The van der Waals surface area contributed by atoms with Crippen LogP contribution in [0.15, 0.2) is 57.9 Å². The number of fused-ring (bicyclic) bond motifs is 1. The Hall–Kier alpha value is -3.36. The van der Waals surface area contributed by atoms with E-state index in [1.165, 1.54) is 12.1 Å². The zero-order valence-electron chi connectivity index (χ0n) is 15.9. The molecule has 9 heteroatoms. The van der Waals surface area contributed by atoms with Crippen molar-refractivity contribution in [2.75, 3.05) is 31.1 Å². The number of halogens is 3. The molecule has 1 saturated heterocycles. The van der Waals surface area contributed by atoms with Crippen molar-refractivity contribution in [3.05, 3.63) is 70.2 Å². The molecule has 1 amide bonds. The van der Waals surface area contributed by atoms with E-state index in [0.717, 1.165) is 12.3 Å². The number of amides is 1. The second-order valence-electron chi connectivity index (χ2n) is 7.01. The Morgan fingerprint density at radius 2 is 1.83 bits per heavy atom. The van der Waals surface area contributed by atoms with Gasteiger partial charge in [-0.3, -0.25) is 9.59 Å². The van der Waals surface area contributed by atoms with Crippen molar-refractivity contribution in [1.82, 2.24) is 9.88 Å². The predicted octanol–water partition coefficient (Wildman–Crippen LogP) is 3.56. The molecule has 6 nitrogen and oxygen atoms in total. The molecule has 4 rings (SSSR count). The van der Waals surface area contributed by atoms with Crippen molar-refractivity contribution in [2.24, 2.45) is 0 Å². The highest BCUT2D eigenvalue weighted by atomic mass is 19.4. The maximum absolute atomic E-state index is 12.9. The van der Waals surface area contributed by atoms with E-state index < -0.39 is 11.7 Å². The third kappa shape index (κ3) is 4.00. The van der Waals surface area contributed by atoms with Gasteiger partial charge in [0.1, 0.15) is 11.4 Å². The molecule has 3 aromatic rings. The van der Waals surface area contributed by atoms with Crippen LogP contribution in [0.2, 0.25) is 0 Å². The Morgan fingerprint density at radius 3 is 2.57 bits per heavy atom. The average Bonchev–Trinajstić information content (AvgIpc) is 2.99. The van der Waals surface area contributed by atoms with Crippen LogP contribution in [0.3, 0.4) is 0 Å². The molecule has 1 aliphatic rings. The normalized spacial score (nSPS) is 15.3. The molecule has 156 valence electrons. The summed E-state index contributed by atoms with van der Waals surface area (Å²) in [5.74, 6) is 0.00872. The smallest absolute Gasteiger partial charge is 0.417 e. The van der Waals surface area contributed by atoms with Gasteiger partial charge in [-0.15, -0.1) is 0 Å². The van der Waals surface area contributed by atoms with E-state index in [-0.39, 0.29) is 17.1 Å². The third-order valence-corrected chi connectivity index (χ3v) is 5.03. The van der Waals surface area contributed by atoms with Gasteiger partial charge >= 0.3 is 6.18 Å². The van der Waals surface area contributed by atoms with E-state index in [2.05, 4.69) is 4.98 Å². The molecule has 0 spiro atoms. The summed E-state index contributed by atoms with van der Waals surface area (Å²) in [5.41, 5.74) is -0.742. The summed E-state index contributed by atoms with van der Waals surface area (Å²) in [6.45, 7) is 1.72. The van der Waals surface area contributed by atoms with Crippen molar-refractivity contribution in [3.63, 3.8) is 0 Å². The highest BCUT2D eigenvalue weighted by Crippen LogP contribution is 2.29. The molecule has 0 N–H and O–H groups in total. The van der Waals surface area contributed by atoms with Gasteiger partial charge in [-0.25, -0.2) is 4.98 Å². The number of para-hydroxylation sites is 1. The quantitative estimate of drug-likeness (QED) is 0.638. The molecule has 30 heavy (non-hydrogen) atoms. The van der Waals surface area contributed by atoms with E-state index >= 15 is 0 Å². The molecule has 1 aromatic carbocycles. The van der Waals surface area contributed by atoms with Crippen molar-refractivity contribution >= 4 is 22.7 Å². The molecule has 0 bridgehead atoms. The number of nitrogens with zero attached hydrogens (tertiary/aromatic N) is 3. The van der Waals surface area contributed by atoms with Gasteiger partial charge in [0.25, 0.3) is 5.91 Å². The summed E-state index contributed by atoms with van der Waals surface area (Å²) in [4.78, 5) is 32.5. The molecule has 1 fully saturated rings. The van der Waals surface area contributed by atoms with E-state index in [1.54, 1.807) is 29.2 Å². The standard InChI is InChI=1S/C21H18F3N3O3/c22-21(23,24)14-6-7-19(25-13-14)26-8-3-9-27(11-10-26)20(29)18-12-16(28)15-4-1-2-5-17(15)30-18/h1-2,4-7,12-13H,3,8-11H2. The lowest BCUT2D eigenvalue weighted by Crippen LogP contribution is -2.35. The maximum Gasteiger partial charge on any atom is 0.417 e. The number of carbonyl (C=O) groups excluding carboxylic acids is 1. The van der Waals surface area contributed by atoms with Crippen LogP contribution in [0.4, 0.5) is 19.0 Å². The summed E-state index contributed by atoms with van der Waals surface area (Å²) >= 11 is 0. The van der Waals surface area contributed by atoms with Gasteiger partial charge in [0.2, 0.25) is 0 Å². The zero-order chi connectivity index (χ0) is 21.3. The van der Waals surface area contributed by atoms with Crippen LogP contribution in [0, 0.1) is 0 Å². The van der Waals surface area contributed by atoms with Crippen LogP contribution in [0.25, 0.3) is 11.0 Å². The van der Waals surface area contributed by atoms with Crippen LogP contribution in [-0.4, -0.2) is 42.0 Å². The lowest BCUT2D eigenvalue weighted by Gasteiger charge is -2.23. The molecular weight excluding hydrogens is 399 g/mol. The number of aromatic nitrogens is 1. The molecule has 0 saturated carbocycles. The predicted molar refractivity (Wildman–Crippen MR) is 104 cm³/mol. The first kappa shape index (κ1) is 19.9. The third-order valence-electron chi connectivity index (χ3n) is 5.03.